The number of rotatable bonds is 4. The Hall–Kier alpha value is -2.11. The molecule has 0 saturated carbocycles. The molecule has 1 saturated heterocycles. The van der Waals surface area contributed by atoms with Crippen molar-refractivity contribution in [1.82, 2.24) is 14.8 Å². The summed E-state index contributed by atoms with van der Waals surface area (Å²) < 4.78 is 5.65. The Labute approximate surface area is 153 Å². The number of benzene rings is 1. The van der Waals surface area contributed by atoms with Crippen molar-refractivity contribution in [3.8, 4) is 11.6 Å². The summed E-state index contributed by atoms with van der Waals surface area (Å²) in [4.78, 5) is 21.1. The summed E-state index contributed by atoms with van der Waals surface area (Å²) in [6, 6.07) is 11.1. The topological polar surface area (TPSA) is 45.7 Å². The number of piperazine rings is 1. The lowest BCUT2D eigenvalue weighted by Gasteiger charge is -2.36. The first-order valence-corrected chi connectivity index (χ1v) is 8.83. The lowest BCUT2D eigenvalue weighted by molar-refractivity contribution is 0.0595. The van der Waals surface area contributed by atoms with Crippen molar-refractivity contribution < 1.29 is 9.53 Å². The highest BCUT2D eigenvalue weighted by molar-refractivity contribution is 6.30. The quantitative estimate of drug-likeness (QED) is 0.835. The maximum Gasteiger partial charge on any atom is 0.255 e. The summed E-state index contributed by atoms with van der Waals surface area (Å²) in [5, 5.41) is 0.652. The van der Waals surface area contributed by atoms with Crippen molar-refractivity contribution in [3.63, 3.8) is 0 Å². The van der Waals surface area contributed by atoms with Crippen LogP contribution in [0.4, 0.5) is 0 Å². The van der Waals surface area contributed by atoms with Crippen molar-refractivity contribution in [2.75, 3.05) is 26.2 Å². The third kappa shape index (κ3) is 4.50. The second-order valence-corrected chi connectivity index (χ2v) is 6.80. The highest BCUT2D eigenvalue weighted by Crippen LogP contribution is 2.22. The Morgan fingerprint density at radius 3 is 2.32 bits per heavy atom. The summed E-state index contributed by atoms with van der Waals surface area (Å²) in [6.07, 6.45) is 1.57. The van der Waals surface area contributed by atoms with Gasteiger partial charge in [0.15, 0.2) is 0 Å². The molecule has 2 aromatic rings. The van der Waals surface area contributed by atoms with E-state index in [4.69, 9.17) is 16.3 Å². The van der Waals surface area contributed by atoms with Crippen LogP contribution in [0.5, 0.6) is 11.6 Å². The molecule has 1 aromatic carbocycles. The van der Waals surface area contributed by atoms with E-state index in [1.807, 2.05) is 4.90 Å². The van der Waals surface area contributed by atoms with E-state index >= 15 is 0 Å². The molecule has 132 valence electrons. The molecule has 1 aliphatic heterocycles. The molecule has 0 spiro atoms. The predicted molar refractivity (Wildman–Crippen MR) is 98.4 cm³/mol. The molecule has 6 heteroatoms. The molecule has 2 heterocycles. The number of hydrogen-bond acceptors (Lipinski definition) is 4. The SMILES string of the molecule is CC(C)N1CCN(C(=O)c2ccc(Oc3ccc(Cl)cc3)nc2)CC1. The molecule has 3 rings (SSSR count). The Morgan fingerprint density at radius 1 is 1.08 bits per heavy atom. The molecule has 1 aromatic heterocycles. The van der Waals surface area contributed by atoms with E-state index in [-0.39, 0.29) is 5.91 Å². The summed E-state index contributed by atoms with van der Waals surface area (Å²) in [5.41, 5.74) is 0.585. The van der Waals surface area contributed by atoms with Gasteiger partial charge in [0.2, 0.25) is 5.88 Å². The molecule has 1 amide bonds. The zero-order valence-corrected chi connectivity index (χ0v) is 15.2. The Kier molecular flexibility index (Phi) is 5.56. The highest BCUT2D eigenvalue weighted by atomic mass is 35.5. The van der Waals surface area contributed by atoms with E-state index in [9.17, 15) is 4.79 Å². The lowest BCUT2D eigenvalue weighted by Crippen LogP contribution is -2.50. The van der Waals surface area contributed by atoms with Gasteiger partial charge in [0.05, 0.1) is 5.56 Å². The molecule has 0 bridgehead atoms. The van der Waals surface area contributed by atoms with Crippen molar-refractivity contribution >= 4 is 17.5 Å². The minimum atomic E-state index is 0.0222. The van der Waals surface area contributed by atoms with Crippen LogP contribution in [0.15, 0.2) is 42.6 Å². The number of amides is 1. The number of nitrogens with zero attached hydrogens (tertiary/aromatic N) is 3. The Bertz CT molecular complexity index is 708. The van der Waals surface area contributed by atoms with Crippen LogP contribution in [-0.2, 0) is 0 Å². The summed E-state index contributed by atoms with van der Waals surface area (Å²) in [5.74, 6) is 1.12. The first-order valence-electron chi connectivity index (χ1n) is 8.46. The van der Waals surface area contributed by atoms with Crippen LogP contribution in [-0.4, -0.2) is 52.9 Å². The van der Waals surface area contributed by atoms with Crippen LogP contribution >= 0.6 is 11.6 Å². The first kappa shape index (κ1) is 17.7. The summed E-state index contributed by atoms with van der Waals surface area (Å²) in [7, 11) is 0. The highest BCUT2D eigenvalue weighted by Gasteiger charge is 2.23. The predicted octanol–water partition coefficient (Wildman–Crippen LogP) is 3.69. The van der Waals surface area contributed by atoms with Gasteiger partial charge >= 0.3 is 0 Å². The fourth-order valence-electron chi connectivity index (χ4n) is 2.81. The first-order chi connectivity index (χ1) is 12.0. The van der Waals surface area contributed by atoms with E-state index in [0.717, 1.165) is 26.2 Å². The number of ether oxygens (including phenoxy) is 1. The van der Waals surface area contributed by atoms with E-state index in [0.29, 0.717) is 28.3 Å². The smallest absolute Gasteiger partial charge is 0.255 e. The van der Waals surface area contributed by atoms with E-state index in [1.54, 1.807) is 42.6 Å². The minimum Gasteiger partial charge on any atom is -0.439 e. The van der Waals surface area contributed by atoms with Crippen molar-refractivity contribution in [1.29, 1.82) is 0 Å². The number of halogens is 1. The summed E-state index contributed by atoms with van der Waals surface area (Å²) >= 11 is 5.85. The molecule has 0 radical (unpaired) electrons. The van der Waals surface area contributed by atoms with Gasteiger partial charge in [-0.3, -0.25) is 9.69 Å². The average Bonchev–Trinajstić information content (AvgIpc) is 2.64. The molecule has 5 nitrogen and oxygen atoms in total. The van der Waals surface area contributed by atoms with Crippen LogP contribution in [0.1, 0.15) is 24.2 Å². The largest absolute Gasteiger partial charge is 0.439 e. The second-order valence-electron chi connectivity index (χ2n) is 6.36. The number of hydrogen-bond donors (Lipinski definition) is 0. The van der Waals surface area contributed by atoms with Crippen LogP contribution in [0.25, 0.3) is 0 Å². The van der Waals surface area contributed by atoms with E-state index in [1.165, 1.54) is 0 Å². The average molecular weight is 360 g/mol. The number of pyridine rings is 1. The molecule has 1 fully saturated rings. The minimum absolute atomic E-state index is 0.0222. The lowest BCUT2D eigenvalue weighted by atomic mass is 10.2. The van der Waals surface area contributed by atoms with E-state index in [2.05, 4.69) is 23.7 Å². The third-order valence-electron chi connectivity index (χ3n) is 4.35. The van der Waals surface area contributed by atoms with Crippen molar-refractivity contribution in [3.05, 3.63) is 53.2 Å². The monoisotopic (exact) mass is 359 g/mol. The van der Waals surface area contributed by atoms with Gasteiger partial charge in [0.25, 0.3) is 5.91 Å². The Balaban J connectivity index is 1.60. The van der Waals surface area contributed by atoms with Crippen LogP contribution in [0, 0.1) is 0 Å². The van der Waals surface area contributed by atoms with Crippen molar-refractivity contribution in [2.45, 2.75) is 19.9 Å². The van der Waals surface area contributed by atoms with Gasteiger partial charge in [-0.2, -0.15) is 0 Å². The number of aromatic nitrogens is 1. The normalized spacial score (nSPS) is 15.4. The standard InChI is InChI=1S/C19H22ClN3O2/c1-14(2)22-9-11-23(12-10-22)19(24)15-3-8-18(21-13-15)25-17-6-4-16(20)5-7-17/h3-8,13-14H,9-12H2,1-2H3. The molecule has 25 heavy (non-hydrogen) atoms. The molecule has 0 atom stereocenters. The van der Waals surface area contributed by atoms with Gasteiger partial charge in [0.1, 0.15) is 5.75 Å². The Morgan fingerprint density at radius 2 is 1.76 bits per heavy atom. The number of carbonyl (C=O) groups excluding carboxylic acids is 1. The van der Waals surface area contributed by atoms with Crippen LogP contribution in [0.2, 0.25) is 5.02 Å². The zero-order chi connectivity index (χ0) is 17.8. The zero-order valence-electron chi connectivity index (χ0n) is 14.5. The van der Waals surface area contributed by atoms with Crippen molar-refractivity contribution in [2.24, 2.45) is 0 Å². The third-order valence-corrected chi connectivity index (χ3v) is 4.60. The van der Waals surface area contributed by atoms with Crippen LogP contribution in [0.3, 0.4) is 0 Å². The molecular formula is C19H22ClN3O2. The van der Waals surface area contributed by atoms with Gasteiger partial charge < -0.3 is 9.64 Å². The fourth-order valence-corrected chi connectivity index (χ4v) is 2.94. The summed E-state index contributed by atoms with van der Waals surface area (Å²) in [6.45, 7) is 7.69. The molecular weight excluding hydrogens is 338 g/mol. The van der Waals surface area contributed by atoms with Crippen LogP contribution < -0.4 is 4.74 Å². The maximum atomic E-state index is 12.6. The van der Waals surface area contributed by atoms with Gasteiger partial charge in [-0.15, -0.1) is 0 Å². The molecule has 0 aliphatic carbocycles. The molecule has 0 unspecified atom stereocenters. The number of carbonyl (C=O) groups is 1. The van der Waals surface area contributed by atoms with E-state index < -0.39 is 0 Å². The second kappa shape index (κ2) is 7.85. The van der Waals surface area contributed by atoms with Gasteiger partial charge in [-0.25, -0.2) is 4.98 Å². The van der Waals surface area contributed by atoms with Gasteiger partial charge in [-0.1, -0.05) is 11.6 Å². The molecule has 0 N–H and O–H groups in total. The molecule has 1 aliphatic rings. The van der Waals surface area contributed by atoms with Gasteiger partial charge in [-0.05, 0) is 44.2 Å². The van der Waals surface area contributed by atoms with Gasteiger partial charge in [0, 0.05) is 49.5 Å². The fraction of sp³-hybridized carbons (Fsp3) is 0.368. The maximum absolute atomic E-state index is 12.6.